The van der Waals surface area contributed by atoms with Crippen LogP contribution in [0, 0.1) is 23.7 Å². The Morgan fingerprint density at radius 3 is 2.23 bits per heavy atom. The maximum absolute atomic E-state index is 13.3. The van der Waals surface area contributed by atoms with E-state index in [4.69, 9.17) is 0 Å². The summed E-state index contributed by atoms with van der Waals surface area (Å²) >= 11 is 1.31. The zero-order valence-corrected chi connectivity index (χ0v) is 17.7. The molecule has 7 heteroatoms. The van der Waals surface area contributed by atoms with Crippen LogP contribution in [0.1, 0.15) is 36.0 Å². The van der Waals surface area contributed by atoms with E-state index in [-0.39, 0.29) is 29.7 Å². The minimum atomic E-state index is -0.929. The number of amides is 2. The monoisotopic (exact) mass is 436 g/mol. The number of carbonyl (C=O) groups is 3. The van der Waals surface area contributed by atoms with Gasteiger partial charge in [0.15, 0.2) is 0 Å². The second-order valence-electron chi connectivity index (χ2n) is 8.64. The smallest absolute Gasteiger partial charge is 0.307 e. The number of carboxylic acid groups (broad SMARTS) is 1. The van der Waals surface area contributed by atoms with E-state index in [0.717, 1.165) is 36.8 Å². The normalized spacial score (nSPS) is 26.5. The number of thiophene rings is 1. The quantitative estimate of drug-likeness (QED) is 0.593. The lowest BCUT2D eigenvalue weighted by Gasteiger charge is -2.41. The maximum atomic E-state index is 13.3. The van der Waals surface area contributed by atoms with Gasteiger partial charge in [0, 0.05) is 17.0 Å². The molecule has 3 N–H and O–H groups in total. The first-order valence-corrected chi connectivity index (χ1v) is 11.6. The van der Waals surface area contributed by atoms with Gasteiger partial charge in [-0.1, -0.05) is 42.5 Å². The van der Waals surface area contributed by atoms with Crippen molar-refractivity contribution in [1.29, 1.82) is 0 Å². The number of benzene rings is 1. The molecule has 2 fully saturated rings. The Hall–Kier alpha value is -2.93. The van der Waals surface area contributed by atoms with E-state index in [9.17, 15) is 19.5 Å². The Morgan fingerprint density at radius 2 is 1.61 bits per heavy atom. The molecule has 2 saturated carbocycles. The number of carboxylic acids is 1. The van der Waals surface area contributed by atoms with E-state index in [1.807, 2.05) is 47.9 Å². The average Bonchev–Trinajstić information content (AvgIpc) is 3.50. The molecule has 6 rings (SSSR count). The first-order valence-electron chi connectivity index (χ1n) is 10.7. The predicted molar refractivity (Wildman–Crippen MR) is 119 cm³/mol. The Morgan fingerprint density at radius 1 is 0.935 bits per heavy atom. The van der Waals surface area contributed by atoms with E-state index in [2.05, 4.69) is 10.6 Å². The van der Waals surface area contributed by atoms with E-state index in [0.29, 0.717) is 10.6 Å². The van der Waals surface area contributed by atoms with Crippen LogP contribution in [0.25, 0.3) is 11.1 Å². The summed E-state index contributed by atoms with van der Waals surface area (Å²) in [5.74, 6) is -2.97. The van der Waals surface area contributed by atoms with Gasteiger partial charge in [0.1, 0.15) is 5.00 Å². The van der Waals surface area contributed by atoms with Gasteiger partial charge in [-0.2, -0.15) is 0 Å². The summed E-state index contributed by atoms with van der Waals surface area (Å²) in [5, 5.41) is 18.1. The van der Waals surface area contributed by atoms with Crippen LogP contribution in [0.5, 0.6) is 0 Å². The topological polar surface area (TPSA) is 95.5 Å². The van der Waals surface area contributed by atoms with E-state index >= 15 is 0 Å². The van der Waals surface area contributed by atoms with Gasteiger partial charge in [0.05, 0.1) is 17.4 Å². The summed E-state index contributed by atoms with van der Waals surface area (Å²) in [6.45, 7) is 0. The van der Waals surface area contributed by atoms with Crippen molar-refractivity contribution in [3.8, 4) is 11.1 Å². The zero-order valence-electron chi connectivity index (χ0n) is 16.9. The first-order chi connectivity index (χ1) is 15.0. The zero-order chi connectivity index (χ0) is 21.5. The Labute approximate surface area is 184 Å². The molecule has 0 aliphatic heterocycles. The molecule has 4 aliphatic carbocycles. The minimum Gasteiger partial charge on any atom is -0.481 e. The molecule has 6 nitrogen and oxygen atoms in total. The average molecular weight is 437 g/mol. The third-order valence-electron chi connectivity index (χ3n) is 6.59. The van der Waals surface area contributed by atoms with Crippen LogP contribution in [0.15, 0.2) is 47.9 Å². The molecule has 2 bridgehead atoms. The number of aliphatic carboxylic acids is 1. The lowest BCUT2D eigenvalue weighted by molar-refractivity contribution is -0.151. The Bertz CT molecular complexity index is 1060. The number of carbonyl (C=O) groups excluding carboxylic acids is 2. The van der Waals surface area contributed by atoms with E-state index < -0.39 is 17.8 Å². The molecule has 0 saturated heterocycles. The van der Waals surface area contributed by atoms with Crippen molar-refractivity contribution in [2.45, 2.75) is 31.7 Å². The minimum absolute atomic E-state index is 0.0802. The Balaban J connectivity index is 1.46. The molecule has 0 unspecified atom stereocenters. The SMILES string of the molecule is O=C(NC1CC1)c1c(-c2ccccc2)csc1NC(=O)[C@H]1[C@H](C(=O)O)[C@H]2C=C[C@H]1CC2. The third-order valence-corrected chi connectivity index (χ3v) is 7.48. The molecule has 4 aliphatic rings. The number of rotatable bonds is 6. The summed E-state index contributed by atoms with van der Waals surface area (Å²) in [5.41, 5.74) is 2.14. The molecule has 1 aromatic carbocycles. The van der Waals surface area contributed by atoms with E-state index in [1.165, 1.54) is 11.3 Å². The van der Waals surface area contributed by atoms with Gasteiger partial charge < -0.3 is 15.7 Å². The highest BCUT2D eigenvalue weighted by Crippen LogP contribution is 2.46. The molecule has 1 aromatic heterocycles. The van der Waals surface area contributed by atoms with Gasteiger partial charge in [-0.05, 0) is 43.1 Å². The Kier molecular flexibility index (Phi) is 5.14. The third kappa shape index (κ3) is 3.78. The van der Waals surface area contributed by atoms with Crippen LogP contribution in [0.2, 0.25) is 0 Å². The second-order valence-corrected chi connectivity index (χ2v) is 9.52. The van der Waals surface area contributed by atoms with Crippen molar-refractivity contribution in [1.82, 2.24) is 5.32 Å². The number of nitrogens with one attached hydrogen (secondary N) is 2. The lowest BCUT2D eigenvalue weighted by Crippen LogP contribution is -2.47. The maximum Gasteiger partial charge on any atom is 0.307 e. The van der Waals surface area contributed by atoms with E-state index in [1.54, 1.807) is 0 Å². The van der Waals surface area contributed by atoms with Crippen LogP contribution in [-0.4, -0.2) is 28.9 Å². The highest BCUT2D eigenvalue weighted by molar-refractivity contribution is 7.15. The van der Waals surface area contributed by atoms with Crippen LogP contribution < -0.4 is 10.6 Å². The van der Waals surface area contributed by atoms with Crippen LogP contribution >= 0.6 is 11.3 Å². The molecule has 2 aromatic rings. The molecule has 31 heavy (non-hydrogen) atoms. The van der Waals surface area contributed by atoms with Crippen molar-refractivity contribution in [3.63, 3.8) is 0 Å². The lowest BCUT2D eigenvalue weighted by atomic mass is 9.62. The van der Waals surface area contributed by atoms with Crippen LogP contribution in [-0.2, 0) is 9.59 Å². The molecule has 160 valence electrons. The van der Waals surface area contributed by atoms with Gasteiger partial charge in [0.25, 0.3) is 5.91 Å². The van der Waals surface area contributed by atoms with Gasteiger partial charge >= 0.3 is 5.97 Å². The summed E-state index contributed by atoms with van der Waals surface area (Å²) in [6, 6.07) is 9.81. The fourth-order valence-corrected chi connectivity index (χ4v) is 5.84. The molecule has 0 radical (unpaired) electrons. The van der Waals surface area contributed by atoms with Crippen molar-refractivity contribution in [2.75, 3.05) is 5.32 Å². The largest absolute Gasteiger partial charge is 0.481 e. The molecule has 2 amide bonds. The number of hydrogen-bond donors (Lipinski definition) is 3. The fourth-order valence-electron chi connectivity index (χ4n) is 4.87. The second kappa shape index (κ2) is 7.96. The standard InChI is InChI=1S/C24H24N2O4S/c27-21(18-14-6-8-15(9-7-14)19(18)24(29)30)26-23-20(22(28)25-16-10-11-16)17(12-31-23)13-4-2-1-3-5-13/h1-6,8,12,14-16,18-19H,7,9-11H2,(H,25,28)(H,26,27)(H,29,30)/t14-,15-,18+,19+/m0/s1. The molecule has 4 atom stereocenters. The van der Waals surface area contributed by atoms with Crippen molar-refractivity contribution >= 4 is 34.1 Å². The summed E-state index contributed by atoms with van der Waals surface area (Å²) in [4.78, 5) is 38.3. The van der Waals surface area contributed by atoms with Crippen LogP contribution in [0.4, 0.5) is 5.00 Å². The van der Waals surface area contributed by atoms with Crippen LogP contribution in [0.3, 0.4) is 0 Å². The highest BCUT2D eigenvalue weighted by Gasteiger charge is 2.48. The van der Waals surface area contributed by atoms with Gasteiger partial charge in [-0.3, -0.25) is 14.4 Å². The predicted octanol–water partition coefficient (Wildman–Crippen LogP) is 4.16. The van der Waals surface area contributed by atoms with Gasteiger partial charge in [0.2, 0.25) is 5.91 Å². The molecular weight excluding hydrogens is 412 g/mol. The first kappa shape index (κ1) is 20.0. The summed E-state index contributed by atoms with van der Waals surface area (Å²) in [6.07, 6.45) is 7.49. The molecular formula is C24H24N2O4S. The number of hydrogen-bond acceptors (Lipinski definition) is 4. The fraction of sp³-hybridized carbons (Fsp3) is 0.375. The summed E-state index contributed by atoms with van der Waals surface area (Å²) < 4.78 is 0. The highest BCUT2D eigenvalue weighted by atomic mass is 32.1. The summed E-state index contributed by atoms with van der Waals surface area (Å²) in [7, 11) is 0. The van der Waals surface area contributed by atoms with Crippen molar-refractivity contribution < 1.29 is 19.5 Å². The van der Waals surface area contributed by atoms with Gasteiger partial charge in [-0.15, -0.1) is 11.3 Å². The molecule has 1 heterocycles. The van der Waals surface area contributed by atoms with Crippen molar-refractivity contribution in [3.05, 3.63) is 53.4 Å². The van der Waals surface area contributed by atoms with Gasteiger partial charge in [-0.25, -0.2) is 0 Å². The number of anilines is 1. The van der Waals surface area contributed by atoms with Crippen molar-refractivity contribution in [2.24, 2.45) is 23.7 Å². The number of allylic oxidation sites excluding steroid dienone is 2. The number of fused-ring (bicyclic) bond motifs is 2. The molecule has 0 spiro atoms.